The summed E-state index contributed by atoms with van der Waals surface area (Å²) in [6.07, 6.45) is 1.61. The van der Waals surface area contributed by atoms with Crippen LogP contribution in [0.5, 0.6) is 0 Å². The predicted octanol–water partition coefficient (Wildman–Crippen LogP) is 3.98. The van der Waals surface area contributed by atoms with Gasteiger partial charge in [-0.3, -0.25) is 14.2 Å². The van der Waals surface area contributed by atoms with Crippen LogP contribution in [0.2, 0.25) is 0 Å². The van der Waals surface area contributed by atoms with Crippen LogP contribution in [-0.2, 0) is 9.53 Å². The smallest absolute Gasteiger partial charge is 0.302 e. The van der Waals surface area contributed by atoms with E-state index >= 15 is 0 Å². The Kier molecular flexibility index (Phi) is 4.85. The summed E-state index contributed by atoms with van der Waals surface area (Å²) >= 11 is 3.37. The molecule has 2 aromatic rings. The first kappa shape index (κ1) is 16.1. The van der Waals surface area contributed by atoms with Crippen LogP contribution in [0, 0.1) is 0 Å². The van der Waals surface area contributed by atoms with Crippen molar-refractivity contribution in [3.05, 3.63) is 44.9 Å². The van der Waals surface area contributed by atoms with Crippen LogP contribution in [0.3, 0.4) is 0 Å². The lowest BCUT2D eigenvalue weighted by atomic mass is 10.1. The monoisotopic (exact) mass is 364 g/mol. The van der Waals surface area contributed by atoms with E-state index in [1.54, 1.807) is 12.3 Å². The van der Waals surface area contributed by atoms with Crippen LogP contribution in [0.15, 0.2) is 34.0 Å². The van der Waals surface area contributed by atoms with Crippen molar-refractivity contribution in [2.75, 3.05) is 6.61 Å². The summed E-state index contributed by atoms with van der Waals surface area (Å²) in [7, 11) is 0. The molecular weight excluding hydrogens is 352 g/mol. The lowest BCUT2D eigenvalue weighted by Crippen LogP contribution is -2.09. The first-order chi connectivity index (χ1) is 10.4. The van der Waals surface area contributed by atoms with Crippen LogP contribution in [-0.4, -0.2) is 23.1 Å². The van der Waals surface area contributed by atoms with Crippen LogP contribution < -0.4 is 0 Å². The molecule has 0 N–H and O–H groups in total. The Morgan fingerprint density at radius 2 is 2.18 bits per heavy atom. The van der Waals surface area contributed by atoms with Gasteiger partial charge in [-0.1, -0.05) is 27.1 Å². The zero-order valence-electron chi connectivity index (χ0n) is 12.0. The molecule has 0 aliphatic rings. The van der Waals surface area contributed by atoms with Crippen LogP contribution in [0.4, 0.5) is 0 Å². The van der Waals surface area contributed by atoms with E-state index in [0.29, 0.717) is 11.1 Å². The number of hydrogen-bond donors (Lipinski definition) is 0. The highest BCUT2D eigenvalue weighted by Crippen LogP contribution is 2.31. The van der Waals surface area contributed by atoms with Crippen molar-refractivity contribution in [3.8, 4) is 0 Å². The number of benzene rings is 1. The summed E-state index contributed by atoms with van der Waals surface area (Å²) in [5.41, 5.74) is 10.1. The molecule has 0 unspecified atom stereocenters. The number of aromatic nitrogens is 1. The fourth-order valence-electron chi connectivity index (χ4n) is 2.20. The third-order valence-corrected chi connectivity index (χ3v) is 3.63. The molecule has 0 amide bonds. The van der Waals surface area contributed by atoms with Crippen molar-refractivity contribution in [1.29, 1.82) is 0 Å². The first-order valence-corrected chi connectivity index (χ1v) is 7.22. The quantitative estimate of drug-likeness (QED) is 0.355. The molecule has 114 valence electrons. The lowest BCUT2D eigenvalue weighted by Gasteiger charge is -2.10. The number of ether oxygens (including phenoxy) is 1. The minimum absolute atomic E-state index is 0.0769. The van der Waals surface area contributed by atoms with Crippen molar-refractivity contribution in [1.82, 2.24) is 4.57 Å². The maximum Gasteiger partial charge on any atom is 0.302 e. The maximum absolute atomic E-state index is 11.8. The van der Waals surface area contributed by atoms with E-state index in [0.717, 1.165) is 9.86 Å². The number of nitrogens with zero attached hydrogens (tertiary/aromatic N) is 4. The maximum atomic E-state index is 11.8. The molecule has 8 heteroatoms. The molecule has 0 aliphatic carbocycles. The molecule has 1 aromatic carbocycles. The molecule has 1 heterocycles. The number of fused-ring (bicyclic) bond motifs is 1. The molecule has 0 aliphatic heterocycles. The summed E-state index contributed by atoms with van der Waals surface area (Å²) in [6.45, 7) is 2.65. The number of carbonyl (C=O) groups excluding carboxylic acids is 2. The molecule has 1 atom stereocenters. The standard InChI is InChI=1S/C14H13BrN4O3/c1-8(20)19-6-12(11-4-3-10(15)5-14(11)19)13(17-18-16)7-22-9(2)21/h3-6,13H,7H2,1-2H3/t13-/m1/s1. The van der Waals surface area contributed by atoms with Gasteiger partial charge in [0.2, 0.25) is 5.91 Å². The fraction of sp³-hybridized carbons (Fsp3) is 0.286. The summed E-state index contributed by atoms with van der Waals surface area (Å²) in [5, 5.41) is 4.45. The number of azide groups is 1. The van der Waals surface area contributed by atoms with Gasteiger partial charge in [-0.2, -0.15) is 0 Å². The highest BCUT2D eigenvalue weighted by Gasteiger charge is 2.19. The van der Waals surface area contributed by atoms with Crippen molar-refractivity contribution >= 4 is 38.7 Å². The van der Waals surface area contributed by atoms with Gasteiger partial charge in [-0.05, 0) is 23.2 Å². The Morgan fingerprint density at radius 3 is 2.77 bits per heavy atom. The number of halogens is 1. The topological polar surface area (TPSA) is 97.1 Å². The average Bonchev–Trinajstić information content (AvgIpc) is 2.82. The molecule has 2 rings (SSSR count). The van der Waals surface area contributed by atoms with Gasteiger partial charge in [0.25, 0.3) is 0 Å². The largest absolute Gasteiger partial charge is 0.465 e. The van der Waals surface area contributed by atoms with E-state index in [9.17, 15) is 9.59 Å². The molecule has 0 saturated carbocycles. The Labute approximate surface area is 134 Å². The summed E-state index contributed by atoms with van der Waals surface area (Å²) < 4.78 is 7.25. The second-order valence-corrected chi connectivity index (χ2v) is 5.57. The predicted molar refractivity (Wildman–Crippen MR) is 84.5 cm³/mol. The molecule has 22 heavy (non-hydrogen) atoms. The van der Waals surface area contributed by atoms with Gasteiger partial charge < -0.3 is 4.74 Å². The second-order valence-electron chi connectivity index (χ2n) is 4.66. The van der Waals surface area contributed by atoms with Gasteiger partial charge in [0, 0.05) is 34.8 Å². The minimum Gasteiger partial charge on any atom is -0.465 e. The molecule has 1 aromatic heterocycles. The highest BCUT2D eigenvalue weighted by molar-refractivity contribution is 9.10. The second kappa shape index (κ2) is 6.64. The normalized spacial score (nSPS) is 11.8. The van der Waals surface area contributed by atoms with Crippen LogP contribution >= 0.6 is 15.9 Å². The van der Waals surface area contributed by atoms with Crippen molar-refractivity contribution in [2.45, 2.75) is 19.9 Å². The van der Waals surface area contributed by atoms with Crippen molar-refractivity contribution in [2.24, 2.45) is 5.11 Å². The third-order valence-electron chi connectivity index (χ3n) is 3.13. The van der Waals surface area contributed by atoms with E-state index in [1.807, 2.05) is 12.1 Å². The summed E-state index contributed by atoms with van der Waals surface area (Å²) in [4.78, 5) is 25.6. The number of hydrogen-bond acceptors (Lipinski definition) is 4. The van der Waals surface area contributed by atoms with E-state index in [-0.39, 0.29) is 12.5 Å². The molecule has 0 spiro atoms. The van der Waals surface area contributed by atoms with Gasteiger partial charge in [0.15, 0.2) is 0 Å². The molecule has 7 nitrogen and oxygen atoms in total. The number of rotatable bonds is 4. The van der Waals surface area contributed by atoms with E-state index < -0.39 is 12.0 Å². The summed E-state index contributed by atoms with van der Waals surface area (Å²) in [6, 6.07) is 4.76. The van der Waals surface area contributed by atoms with Gasteiger partial charge in [0.05, 0.1) is 11.6 Å². The Bertz CT molecular complexity index is 793. The molecule has 0 saturated heterocycles. The highest BCUT2D eigenvalue weighted by atomic mass is 79.9. The number of esters is 1. The Morgan fingerprint density at radius 1 is 1.45 bits per heavy atom. The van der Waals surface area contributed by atoms with E-state index in [4.69, 9.17) is 10.3 Å². The third kappa shape index (κ3) is 3.29. The lowest BCUT2D eigenvalue weighted by molar-refractivity contribution is -0.141. The van der Waals surface area contributed by atoms with Gasteiger partial charge in [-0.15, -0.1) is 0 Å². The van der Waals surface area contributed by atoms with Gasteiger partial charge in [0.1, 0.15) is 6.61 Å². The van der Waals surface area contributed by atoms with Crippen molar-refractivity contribution < 1.29 is 14.3 Å². The molecule has 0 fully saturated rings. The SMILES string of the molecule is CC(=O)OC[C@@H](N=[N+]=[N-])c1cn(C(C)=O)c2cc(Br)ccc12. The Balaban J connectivity index is 2.59. The zero-order valence-corrected chi connectivity index (χ0v) is 13.6. The first-order valence-electron chi connectivity index (χ1n) is 6.43. The van der Waals surface area contributed by atoms with Crippen LogP contribution in [0.25, 0.3) is 21.3 Å². The van der Waals surface area contributed by atoms with Gasteiger partial charge >= 0.3 is 5.97 Å². The molecular formula is C14H13BrN4O3. The Hall–Kier alpha value is -2.31. The zero-order chi connectivity index (χ0) is 16.3. The van der Waals surface area contributed by atoms with Crippen LogP contribution in [0.1, 0.15) is 30.2 Å². The molecule has 0 radical (unpaired) electrons. The fourth-order valence-corrected chi connectivity index (χ4v) is 2.55. The number of carbonyl (C=O) groups is 2. The van der Waals surface area contributed by atoms with E-state index in [1.165, 1.54) is 18.4 Å². The summed E-state index contributed by atoms with van der Waals surface area (Å²) in [5.74, 6) is -0.627. The van der Waals surface area contributed by atoms with Gasteiger partial charge in [-0.25, -0.2) is 0 Å². The average molecular weight is 365 g/mol. The molecule has 0 bridgehead atoms. The minimum atomic E-state index is -0.696. The van der Waals surface area contributed by atoms with Crippen molar-refractivity contribution in [3.63, 3.8) is 0 Å². The van der Waals surface area contributed by atoms with E-state index in [2.05, 4.69) is 26.0 Å².